The summed E-state index contributed by atoms with van der Waals surface area (Å²) in [6.45, 7) is 3.02. The molecule has 1 aromatic carbocycles. The van der Waals surface area contributed by atoms with Gasteiger partial charge in [-0.15, -0.1) is 0 Å². The summed E-state index contributed by atoms with van der Waals surface area (Å²) in [5.41, 5.74) is 2.30. The minimum Gasteiger partial charge on any atom is -0.493 e. The summed E-state index contributed by atoms with van der Waals surface area (Å²) >= 11 is 0. The summed E-state index contributed by atoms with van der Waals surface area (Å²) in [7, 11) is 0. The van der Waals surface area contributed by atoms with E-state index in [9.17, 15) is 5.11 Å². The number of hydrogen-bond donors (Lipinski definition) is 1. The zero-order valence-electron chi connectivity index (χ0n) is 11.3. The summed E-state index contributed by atoms with van der Waals surface area (Å²) in [4.78, 5) is 0. The molecule has 0 fully saturated rings. The van der Waals surface area contributed by atoms with Gasteiger partial charge in [-0.25, -0.2) is 0 Å². The van der Waals surface area contributed by atoms with Gasteiger partial charge in [-0.1, -0.05) is 38.3 Å². The van der Waals surface area contributed by atoms with Crippen molar-refractivity contribution in [1.29, 1.82) is 0 Å². The lowest BCUT2D eigenvalue weighted by Crippen LogP contribution is -2.11. The largest absolute Gasteiger partial charge is 0.493 e. The van der Waals surface area contributed by atoms with Gasteiger partial charge in [0.1, 0.15) is 5.75 Å². The van der Waals surface area contributed by atoms with Crippen LogP contribution < -0.4 is 4.74 Å². The van der Waals surface area contributed by atoms with Crippen LogP contribution in [-0.2, 0) is 6.42 Å². The molecule has 100 valence electrons. The van der Waals surface area contributed by atoms with Crippen molar-refractivity contribution in [2.24, 2.45) is 0 Å². The number of rotatable bonds is 6. The maximum Gasteiger partial charge on any atom is 0.122 e. The van der Waals surface area contributed by atoms with E-state index in [4.69, 9.17) is 4.74 Å². The van der Waals surface area contributed by atoms with Crippen molar-refractivity contribution in [3.05, 3.63) is 29.3 Å². The van der Waals surface area contributed by atoms with Crippen LogP contribution in [0.2, 0.25) is 0 Å². The first-order valence-corrected chi connectivity index (χ1v) is 7.25. The summed E-state index contributed by atoms with van der Waals surface area (Å²) in [6, 6.07) is 6.06. The van der Waals surface area contributed by atoms with Crippen molar-refractivity contribution in [3.8, 4) is 5.75 Å². The minimum atomic E-state index is -0.294. The second-order valence-electron chi connectivity index (χ2n) is 5.14. The lowest BCUT2D eigenvalue weighted by Gasteiger charge is -2.23. The Morgan fingerprint density at radius 1 is 1.28 bits per heavy atom. The third-order valence-electron chi connectivity index (χ3n) is 3.69. The van der Waals surface area contributed by atoms with Gasteiger partial charge in [-0.2, -0.15) is 0 Å². The monoisotopic (exact) mass is 248 g/mol. The number of aliphatic hydroxyl groups is 1. The third kappa shape index (κ3) is 3.26. The summed E-state index contributed by atoms with van der Waals surface area (Å²) in [6.07, 6.45) is 7.60. The van der Waals surface area contributed by atoms with Gasteiger partial charge in [0.25, 0.3) is 0 Å². The smallest absolute Gasteiger partial charge is 0.122 e. The van der Waals surface area contributed by atoms with Crippen molar-refractivity contribution in [2.45, 2.75) is 58.0 Å². The van der Waals surface area contributed by atoms with Crippen LogP contribution in [0.3, 0.4) is 0 Å². The standard InChI is InChI=1S/C16H24O2/c1-2-3-4-5-12-18-16-11-7-8-13-14(16)9-6-10-15(13)17/h7-8,11,15,17H,2-6,9-10,12H2,1H3. The second-order valence-corrected chi connectivity index (χ2v) is 5.14. The maximum atomic E-state index is 9.97. The van der Waals surface area contributed by atoms with Gasteiger partial charge in [-0.05, 0) is 42.9 Å². The Labute approximate surface area is 110 Å². The van der Waals surface area contributed by atoms with Crippen LogP contribution in [0.5, 0.6) is 5.75 Å². The number of ether oxygens (including phenoxy) is 1. The van der Waals surface area contributed by atoms with Crippen molar-refractivity contribution in [1.82, 2.24) is 0 Å². The molecule has 0 heterocycles. The number of unbranched alkanes of at least 4 members (excludes halogenated alkanes) is 3. The SMILES string of the molecule is CCCCCCOc1cccc2c1CCCC2O. The molecule has 1 aliphatic rings. The fraction of sp³-hybridized carbons (Fsp3) is 0.625. The lowest BCUT2D eigenvalue weighted by molar-refractivity contribution is 0.155. The van der Waals surface area contributed by atoms with Gasteiger partial charge >= 0.3 is 0 Å². The Kier molecular flexibility index (Phi) is 5.06. The topological polar surface area (TPSA) is 29.5 Å². The molecule has 0 aromatic heterocycles. The van der Waals surface area contributed by atoms with Gasteiger partial charge in [-0.3, -0.25) is 0 Å². The van der Waals surface area contributed by atoms with Gasteiger partial charge in [0.15, 0.2) is 0 Å². The van der Waals surface area contributed by atoms with E-state index in [1.807, 2.05) is 18.2 Å². The number of aliphatic hydroxyl groups excluding tert-OH is 1. The molecule has 1 aromatic rings. The Bertz CT molecular complexity index is 373. The molecule has 2 nitrogen and oxygen atoms in total. The molecule has 2 heteroatoms. The van der Waals surface area contributed by atoms with Crippen LogP contribution >= 0.6 is 0 Å². The zero-order valence-corrected chi connectivity index (χ0v) is 11.3. The van der Waals surface area contributed by atoms with Gasteiger partial charge in [0.2, 0.25) is 0 Å². The highest BCUT2D eigenvalue weighted by Crippen LogP contribution is 2.35. The Balaban J connectivity index is 1.94. The highest BCUT2D eigenvalue weighted by molar-refractivity contribution is 5.42. The molecule has 1 N–H and O–H groups in total. The molecule has 0 radical (unpaired) electrons. The molecular weight excluding hydrogens is 224 g/mol. The highest BCUT2D eigenvalue weighted by Gasteiger charge is 2.20. The van der Waals surface area contributed by atoms with Crippen LogP contribution in [0.1, 0.15) is 62.7 Å². The Hall–Kier alpha value is -1.02. The molecule has 1 unspecified atom stereocenters. The van der Waals surface area contributed by atoms with Crippen molar-refractivity contribution in [3.63, 3.8) is 0 Å². The first-order valence-electron chi connectivity index (χ1n) is 7.25. The van der Waals surface area contributed by atoms with Crippen molar-refractivity contribution in [2.75, 3.05) is 6.61 Å². The third-order valence-corrected chi connectivity index (χ3v) is 3.69. The van der Waals surface area contributed by atoms with Crippen LogP contribution in [0.4, 0.5) is 0 Å². The van der Waals surface area contributed by atoms with E-state index in [0.29, 0.717) is 0 Å². The van der Waals surface area contributed by atoms with E-state index in [1.54, 1.807) is 0 Å². The molecule has 0 bridgehead atoms. The molecule has 0 amide bonds. The fourth-order valence-electron chi connectivity index (χ4n) is 2.64. The number of hydrogen-bond acceptors (Lipinski definition) is 2. The molecule has 0 aliphatic heterocycles. The molecule has 18 heavy (non-hydrogen) atoms. The summed E-state index contributed by atoms with van der Waals surface area (Å²) in [5, 5.41) is 9.97. The van der Waals surface area contributed by atoms with E-state index < -0.39 is 0 Å². The predicted molar refractivity (Wildman–Crippen MR) is 74.0 cm³/mol. The zero-order chi connectivity index (χ0) is 12.8. The average molecular weight is 248 g/mol. The molecule has 0 saturated heterocycles. The first kappa shape index (κ1) is 13.4. The van der Waals surface area contributed by atoms with Gasteiger partial charge in [0.05, 0.1) is 12.7 Å². The van der Waals surface area contributed by atoms with E-state index in [0.717, 1.165) is 43.6 Å². The second kappa shape index (κ2) is 6.79. The molecule has 0 spiro atoms. The molecule has 0 saturated carbocycles. The molecule has 1 aliphatic carbocycles. The number of benzene rings is 1. The molecule has 1 atom stereocenters. The van der Waals surface area contributed by atoms with E-state index in [-0.39, 0.29) is 6.10 Å². The maximum absolute atomic E-state index is 9.97. The predicted octanol–water partition coefficient (Wildman–Crippen LogP) is 4.02. The lowest BCUT2D eigenvalue weighted by atomic mass is 9.89. The highest BCUT2D eigenvalue weighted by atomic mass is 16.5. The first-order chi connectivity index (χ1) is 8.83. The van der Waals surface area contributed by atoms with Crippen LogP contribution in [0.15, 0.2) is 18.2 Å². The minimum absolute atomic E-state index is 0.294. The van der Waals surface area contributed by atoms with Gasteiger partial charge in [0, 0.05) is 0 Å². The van der Waals surface area contributed by atoms with Gasteiger partial charge < -0.3 is 9.84 Å². The Morgan fingerprint density at radius 2 is 2.17 bits per heavy atom. The van der Waals surface area contributed by atoms with E-state index >= 15 is 0 Å². The van der Waals surface area contributed by atoms with Crippen molar-refractivity contribution < 1.29 is 9.84 Å². The van der Waals surface area contributed by atoms with Crippen LogP contribution in [0.25, 0.3) is 0 Å². The molecular formula is C16H24O2. The van der Waals surface area contributed by atoms with Crippen LogP contribution in [0, 0.1) is 0 Å². The summed E-state index contributed by atoms with van der Waals surface area (Å²) < 4.78 is 5.89. The quantitative estimate of drug-likeness (QED) is 0.771. The van der Waals surface area contributed by atoms with Crippen LogP contribution in [-0.4, -0.2) is 11.7 Å². The Morgan fingerprint density at radius 3 is 3.00 bits per heavy atom. The molecule has 2 rings (SSSR count). The number of fused-ring (bicyclic) bond motifs is 1. The average Bonchev–Trinajstić information content (AvgIpc) is 2.39. The normalized spacial score (nSPS) is 18.4. The van der Waals surface area contributed by atoms with Crippen molar-refractivity contribution >= 4 is 0 Å². The van der Waals surface area contributed by atoms with E-state index in [2.05, 4.69) is 6.92 Å². The summed E-state index contributed by atoms with van der Waals surface area (Å²) in [5.74, 6) is 0.989. The van der Waals surface area contributed by atoms with E-state index in [1.165, 1.54) is 24.8 Å². The fourth-order valence-corrected chi connectivity index (χ4v) is 2.64.